The molecule has 0 atom stereocenters. The summed E-state index contributed by atoms with van der Waals surface area (Å²) in [6, 6.07) is 0. The van der Waals surface area contributed by atoms with Gasteiger partial charge in [-0.25, -0.2) is 0 Å². The molecule has 0 unspecified atom stereocenters. The van der Waals surface area contributed by atoms with E-state index >= 15 is 0 Å². The van der Waals surface area contributed by atoms with Gasteiger partial charge in [-0.15, -0.1) is 11.3 Å². The first-order valence-electron chi connectivity index (χ1n) is 6.57. The number of carbonyl (C=O) groups excluding carboxylic acids is 1. The third kappa shape index (κ3) is 2.93. The van der Waals surface area contributed by atoms with Crippen LogP contribution >= 0.6 is 11.3 Å². The molecule has 0 N–H and O–H groups in total. The van der Waals surface area contributed by atoms with Crippen molar-refractivity contribution in [2.75, 3.05) is 27.3 Å². The van der Waals surface area contributed by atoms with E-state index < -0.39 is 0 Å². The van der Waals surface area contributed by atoms with Gasteiger partial charge in [-0.3, -0.25) is 4.79 Å². The lowest BCUT2D eigenvalue weighted by atomic mass is 9.95. The van der Waals surface area contributed by atoms with Crippen LogP contribution in [0, 0.1) is 0 Å². The molecule has 3 nitrogen and oxygen atoms in total. The van der Waals surface area contributed by atoms with Gasteiger partial charge in [0.15, 0.2) is 0 Å². The Morgan fingerprint density at radius 3 is 3.00 bits per heavy atom. The second-order valence-electron chi connectivity index (χ2n) is 4.83. The fourth-order valence-electron chi connectivity index (χ4n) is 2.43. The van der Waals surface area contributed by atoms with Crippen LogP contribution in [0.3, 0.4) is 0 Å². The van der Waals surface area contributed by atoms with E-state index in [1.54, 1.807) is 18.4 Å². The normalized spacial score (nSPS) is 14.3. The molecule has 0 saturated heterocycles. The van der Waals surface area contributed by atoms with Gasteiger partial charge in [-0.05, 0) is 37.7 Å². The monoisotopic (exact) mass is 267 g/mol. The largest absolute Gasteiger partial charge is 0.385 e. The van der Waals surface area contributed by atoms with E-state index in [9.17, 15) is 4.79 Å². The molecule has 1 aromatic rings. The number of rotatable bonds is 5. The van der Waals surface area contributed by atoms with Gasteiger partial charge in [-0.2, -0.15) is 0 Å². The van der Waals surface area contributed by atoms with E-state index in [1.807, 2.05) is 17.3 Å². The first-order chi connectivity index (χ1) is 8.74. The SMILES string of the molecule is COCCCN(C)C(=O)c1csc2c1CCCC2. The van der Waals surface area contributed by atoms with Gasteiger partial charge in [-0.1, -0.05) is 0 Å². The summed E-state index contributed by atoms with van der Waals surface area (Å²) in [6.45, 7) is 1.47. The molecule has 0 spiro atoms. The third-order valence-electron chi connectivity index (χ3n) is 3.48. The number of fused-ring (bicyclic) bond motifs is 1. The Morgan fingerprint density at radius 2 is 2.22 bits per heavy atom. The first-order valence-corrected chi connectivity index (χ1v) is 7.45. The van der Waals surface area contributed by atoms with Crippen molar-refractivity contribution in [2.45, 2.75) is 32.1 Å². The molecule has 1 heterocycles. The maximum absolute atomic E-state index is 12.4. The number of nitrogens with zero attached hydrogens (tertiary/aromatic N) is 1. The van der Waals surface area contributed by atoms with Crippen molar-refractivity contribution < 1.29 is 9.53 Å². The Kier molecular flexibility index (Phi) is 4.78. The fourth-order valence-corrected chi connectivity index (χ4v) is 3.55. The number of thiophene rings is 1. The minimum atomic E-state index is 0.172. The lowest BCUT2D eigenvalue weighted by Gasteiger charge is -2.18. The van der Waals surface area contributed by atoms with Gasteiger partial charge in [0.2, 0.25) is 0 Å². The van der Waals surface area contributed by atoms with E-state index in [0.717, 1.165) is 31.4 Å². The minimum absolute atomic E-state index is 0.172. The van der Waals surface area contributed by atoms with Crippen molar-refractivity contribution >= 4 is 17.2 Å². The molecule has 0 aromatic carbocycles. The lowest BCUT2D eigenvalue weighted by Crippen LogP contribution is -2.29. The molecule has 1 amide bonds. The van der Waals surface area contributed by atoms with Crippen LogP contribution in [0.15, 0.2) is 5.38 Å². The number of hydrogen-bond donors (Lipinski definition) is 0. The van der Waals surface area contributed by atoms with Crippen LogP contribution in [0.4, 0.5) is 0 Å². The molecule has 18 heavy (non-hydrogen) atoms. The summed E-state index contributed by atoms with van der Waals surface area (Å²) in [4.78, 5) is 15.6. The highest BCUT2D eigenvalue weighted by molar-refractivity contribution is 7.10. The van der Waals surface area contributed by atoms with Crippen LogP contribution in [-0.2, 0) is 17.6 Å². The smallest absolute Gasteiger partial charge is 0.254 e. The summed E-state index contributed by atoms with van der Waals surface area (Å²) in [7, 11) is 3.57. The molecule has 4 heteroatoms. The lowest BCUT2D eigenvalue weighted by molar-refractivity contribution is 0.0778. The van der Waals surface area contributed by atoms with E-state index in [1.165, 1.54) is 23.3 Å². The van der Waals surface area contributed by atoms with Gasteiger partial charge < -0.3 is 9.64 Å². The van der Waals surface area contributed by atoms with Crippen molar-refractivity contribution in [3.63, 3.8) is 0 Å². The van der Waals surface area contributed by atoms with Crippen molar-refractivity contribution in [1.82, 2.24) is 4.90 Å². The number of amides is 1. The second-order valence-corrected chi connectivity index (χ2v) is 5.80. The highest BCUT2D eigenvalue weighted by atomic mass is 32.1. The molecule has 1 aliphatic carbocycles. The minimum Gasteiger partial charge on any atom is -0.385 e. The Labute approximate surface area is 113 Å². The molecule has 1 aliphatic rings. The summed E-state index contributed by atoms with van der Waals surface area (Å²) in [5, 5.41) is 2.05. The zero-order valence-electron chi connectivity index (χ0n) is 11.2. The third-order valence-corrected chi connectivity index (χ3v) is 4.57. The summed E-state index contributed by atoms with van der Waals surface area (Å²) < 4.78 is 5.02. The number of hydrogen-bond acceptors (Lipinski definition) is 3. The topological polar surface area (TPSA) is 29.5 Å². The predicted octanol–water partition coefficient (Wildman–Crippen LogP) is 2.74. The second kappa shape index (κ2) is 6.34. The van der Waals surface area contributed by atoms with E-state index in [0.29, 0.717) is 6.61 Å². The highest BCUT2D eigenvalue weighted by Gasteiger charge is 2.21. The zero-order valence-corrected chi connectivity index (χ0v) is 12.0. The van der Waals surface area contributed by atoms with Crippen LogP contribution < -0.4 is 0 Å². The maximum atomic E-state index is 12.4. The predicted molar refractivity (Wildman–Crippen MR) is 74.4 cm³/mol. The van der Waals surface area contributed by atoms with Crippen LogP contribution in [0.5, 0.6) is 0 Å². The molecule has 0 bridgehead atoms. The van der Waals surface area contributed by atoms with E-state index in [4.69, 9.17) is 4.74 Å². The van der Waals surface area contributed by atoms with E-state index in [-0.39, 0.29) is 5.91 Å². The van der Waals surface area contributed by atoms with Crippen molar-refractivity contribution in [2.24, 2.45) is 0 Å². The molecule has 0 fully saturated rings. The molecule has 0 saturated carbocycles. The average molecular weight is 267 g/mol. The van der Waals surface area contributed by atoms with Crippen LogP contribution in [0.1, 0.15) is 40.1 Å². The molecule has 100 valence electrons. The molecule has 0 radical (unpaired) electrons. The standard InChI is InChI=1S/C14H21NO2S/c1-15(8-5-9-17-2)14(16)12-10-18-13-7-4-3-6-11(12)13/h10H,3-9H2,1-2H3. The summed E-state index contributed by atoms with van der Waals surface area (Å²) >= 11 is 1.75. The molecular formula is C14H21NO2S. The van der Waals surface area contributed by atoms with Gasteiger partial charge in [0.1, 0.15) is 0 Å². The van der Waals surface area contributed by atoms with Gasteiger partial charge >= 0.3 is 0 Å². The molecule has 1 aromatic heterocycles. The maximum Gasteiger partial charge on any atom is 0.254 e. The number of aryl methyl sites for hydroxylation is 1. The Morgan fingerprint density at radius 1 is 1.44 bits per heavy atom. The quantitative estimate of drug-likeness (QED) is 0.768. The van der Waals surface area contributed by atoms with Crippen LogP contribution in [-0.4, -0.2) is 38.1 Å². The number of carbonyl (C=O) groups is 1. The highest BCUT2D eigenvalue weighted by Crippen LogP contribution is 2.30. The Balaban J connectivity index is 2.02. The van der Waals surface area contributed by atoms with Gasteiger partial charge in [0, 0.05) is 37.6 Å². The summed E-state index contributed by atoms with van der Waals surface area (Å²) in [6.07, 6.45) is 5.61. The fraction of sp³-hybridized carbons (Fsp3) is 0.643. The Hall–Kier alpha value is -0.870. The molecule has 2 rings (SSSR count). The number of methoxy groups -OCH3 is 1. The average Bonchev–Trinajstić information content (AvgIpc) is 2.82. The van der Waals surface area contributed by atoms with Gasteiger partial charge in [0.25, 0.3) is 5.91 Å². The number of ether oxygens (including phenoxy) is 1. The Bertz CT molecular complexity index is 414. The van der Waals surface area contributed by atoms with Crippen LogP contribution in [0.25, 0.3) is 0 Å². The van der Waals surface area contributed by atoms with Crippen molar-refractivity contribution in [3.05, 3.63) is 21.4 Å². The molecule has 0 aliphatic heterocycles. The van der Waals surface area contributed by atoms with Gasteiger partial charge in [0.05, 0.1) is 5.56 Å². The summed E-state index contributed by atoms with van der Waals surface area (Å²) in [5.74, 6) is 0.172. The zero-order chi connectivity index (χ0) is 13.0. The van der Waals surface area contributed by atoms with Crippen LogP contribution in [0.2, 0.25) is 0 Å². The van der Waals surface area contributed by atoms with Crippen molar-refractivity contribution in [3.8, 4) is 0 Å². The van der Waals surface area contributed by atoms with Crippen molar-refractivity contribution in [1.29, 1.82) is 0 Å². The first kappa shape index (κ1) is 13.6. The van der Waals surface area contributed by atoms with E-state index in [2.05, 4.69) is 0 Å². The molecular weight excluding hydrogens is 246 g/mol. The summed E-state index contributed by atoms with van der Waals surface area (Å²) in [5.41, 5.74) is 2.25.